The molecule has 29 heavy (non-hydrogen) atoms. The van der Waals surface area contributed by atoms with Crippen molar-refractivity contribution in [1.29, 1.82) is 0 Å². The molecule has 0 bridgehead atoms. The van der Waals surface area contributed by atoms with Gasteiger partial charge >= 0.3 is 0 Å². The summed E-state index contributed by atoms with van der Waals surface area (Å²) in [5.41, 5.74) is 0.448. The number of benzene rings is 1. The molecule has 2 fully saturated rings. The van der Waals surface area contributed by atoms with Crippen molar-refractivity contribution < 1.29 is 14.5 Å². The zero-order valence-electron chi connectivity index (χ0n) is 16.1. The molecule has 10 nitrogen and oxygen atoms in total. The van der Waals surface area contributed by atoms with Crippen molar-refractivity contribution in [3.63, 3.8) is 0 Å². The van der Waals surface area contributed by atoms with Crippen molar-refractivity contribution in [2.45, 2.75) is 12.8 Å². The van der Waals surface area contributed by atoms with E-state index in [2.05, 4.69) is 15.0 Å². The van der Waals surface area contributed by atoms with Gasteiger partial charge in [0.15, 0.2) is 0 Å². The van der Waals surface area contributed by atoms with Crippen LogP contribution in [0.25, 0.3) is 5.69 Å². The number of likely N-dealkylation sites (tertiary alicyclic amines) is 1. The Morgan fingerprint density at radius 3 is 2.62 bits per heavy atom. The fourth-order valence-corrected chi connectivity index (χ4v) is 3.98. The molecule has 1 amide bonds. The minimum atomic E-state index is -0.498. The molecule has 0 spiro atoms. The number of nitro benzene ring substituents is 1. The molecule has 3 heterocycles. The normalized spacial score (nSPS) is 18.7. The number of nitrogens with zero attached hydrogens (tertiary/aromatic N) is 6. The van der Waals surface area contributed by atoms with Crippen LogP contribution in [0, 0.1) is 16.0 Å². The lowest BCUT2D eigenvalue weighted by atomic mass is 9.95. The maximum absolute atomic E-state index is 12.9. The number of rotatable bonds is 5. The number of carbonyl (C=O) groups is 1. The van der Waals surface area contributed by atoms with Gasteiger partial charge in [0.05, 0.1) is 18.1 Å². The van der Waals surface area contributed by atoms with E-state index < -0.39 is 4.92 Å². The SMILES string of the molecule is O=C(c1ccc(-n2cncn2)c([N+](=O)[O-])c1)N1CCC(CN2CCOCC2)CC1. The van der Waals surface area contributed by atoms with Gasteiger partial charge in [-0.25, -0.2) is 9.67 Å². The number of piperidine rings is 1. The number of morpholine rings is 1. The Kier molecular flexibility index (Phi) is 5.81. The first kappa shape index (κ1) is 19.5. The predicted molar refractivity (Wildman–Crippen MR) is 104 cm³/mol. The van der Waals surface area contributed by atoms with Gasteiger partial charge in [0.25, 0.3) is 11.6 Å². The highest BCUT2D eigenvalue weighted by molar-refractivity contribution is 5.95. The first-order valence-corrected chi connectivity index (χ1v) is 9.84. The van der Waals surface area contributed by atoms with Crippen molar-refractivity contribution in [1.82, 2.24) is 24.6 Å². The monoisotopic (exact) mass is 400 g/mol. The lowest BCUT2D eigenvalue weighted by Crippen LogP contribution is -2.44. The van der Waals surface area contributed by atoms with Gasteiger partial charge < -0.3 is 9.64 Å². The molecule has 2 aromatic rings. The third-order valence-corrected chi connectivity index (χ3v) is 5.61. The van der Waals surface area contributed by atoms with Gasteiger partial charge in [-0.05, 0) is 30.9 Å². The Balaban J connectivity index is 1.41. The highest BCUT2D eigenvalue weighted by Gasteiger charge is 2.27. The van der Waals surface area contributed by atoms with Crippen molar-refractivity contribution >= 4 is 11.6 Å². The summed E-state index contributed by atoms with van der Waals surface area (Å²) in [4.78, 5) is 32.0. The third kappa shape index (κ3) is 4.43. The largest absolute Gasteiger partial charge is 0.379 e. The minimum Gasteiger partial charge on any atom is -0.379 e. The van der Waals surface area contributed by atoms with Gasteiger partial charge in [-0.2, -0.15) is 5.10 Å². The molecule has 1 aromatic carbocycles. The molecule has 10 heteroatoms. The lowest BCUT2D eigenvalue weighted by molar-refractivity contribution is -0.384. The van der Waals surface area contributed by atoms with E-state index in [-0.39, 0.29) is 17.3 Å². The zero-order chi connectivity index (χ0) is 20.2. The van der Waals surface area contributed by atoms with E-state index in [1.165, 1.54) is 23.4 Å². The summed E-state index contributed by atoms with van der Waals surface area (Å²) >= 11 is 0. The Morgan fingerprint density at radius 1 is 1.21 bits per heavy atom. The molecule has 0 aliphatic carbocycles. The molecule has 4 rings (SSSR count). The van der Waals surface area contributed by atoms with Crippen LogP contribution in [0.2, 0.25) is 0 Å². The molecular weight excluding hydrogens is 376 g/mol. The Morgan fingerprint density at radius 2 is 1.97 bits per heavy atom. The van der Waals surface area contributed by atoms with Crippen LogP contribution in [0.3, 0.4) is 0 Å². The summed E-state index contributed by atoms with van der Waals surface area (Å²) in [5, 5.41) is 15.4. The van der Waals surface area contributed by atoms with Crippen molar-refractivity contribution in [2.24, 2.45) is 5.92 Å². The highest BCUT2D eigenvalue weighted by Crippen LogP contribution is 2.26. The van der Waals surface area contributed by atoms with E-state index in [9.17, 15) is 14.9 Å². The van der Waals surface area contributed by atoms with Gasteiger partial charge in [0.1, 0.15) is 18.3 Å². The average Bonchev–Trinajstić information content (AvgIpc) is 3.29. The predicted octanol–water partition coefficient (Wildman–Crippen LogP) is 1.36. The molecule has 2 saturated heterocycles. The topological polar surface area (TPSA) is 107 Å². The van der Waals surface area contributed by atoms with Gasteiger partial charge in [0.2, 0.25) is 0 Å². The molecule has 0 radical (unpaired) electrons. The molecule has 154 valence electrons. The van der Waals surface area contributed by atoms with Crippen LogP contribution in [0.15, 0.2) is 30.9 Å². The molecule has 1 aromatic heterocycles. The van der Waals surface area contributed by atoms with Crippen LogP contribution in [0.1, 0.15) is 23.2 Å². The summed E-state index contributed by atoms with van der Waals surface area (Å²) in [5.74, 6) is 0.407. The summed E-state index contributed by atoms with van der Waals surface area (Å²) in [7, 11) is 0. The van der Waals surface area contributed by atoms with E-state index in [4.69, 9.17) is 4.74 Å². The summed E-state index contributed by atoms with van der Waals surface area (Å²) in [6, 6.07) is 4.50. The molecule has 2 aliphatic rings. The summed E-state index contributed by atoms with van der Waals surface area (Å²) in [6.07, 6.45) is 4.59. The Bertz CT molecular complexity index is 858. The molecule has 0 unspecified atom stereocenters. The van der Waals surface area contributed by atoms with E-state index in [1.54, 1.807) is 17.0 Å². The number of hydrogen-bond acceptors (Lipinski definition) is 7. The standard InChI is InChI=1S/C19H24N6O4/c26-19(23-5-3-15(4-6-23)12-22-7-9-29-10-8-22)16-1-2-17(18(11-16)25(27)28)24-14-20-13-21-24/h1-2,11,13-15H,3-10,12H2. The van der Waals surface area contributed by atoms with E-state index >= 15 is 0 Å². The Labute approximate surface area is 168 Å². The third-order valence-electron chi connectivity index (χ3n) is 5.61. The molecular formula is C19H24N6O4. The average molecular weight is 400 g/mol. The van der Waals surface area contributed by atoms with Crippen molar-refractivity contribution in [2.75, 3.05) is 45.9 Å². The van der Waals surface area contributed by atoms with Crippen molar-refractivity contribution in [3.8, 4) is 5.69 Å². The second-order valence-electron chi connectivity index (χ2n) is 7.45. The number of aromatic nitrogens is 3. The minimum absolute atomic E-state index is 0.163. The molecule has 0 atom stereocenters. The quantitative estimate of drug-likeness (QED) is 0.551. The van der Waals surface area contributed by atoms with Crippen LogP contribution in [0.4, 0.5) is 5.69 Å². The van der Waals surface area contributed by atoms with Crippen LogP contribution >= 0.6 is 0 Å². The summed E-state index contributed by atoms with van der Waals surface area (Å²) in [6.45, 7) is 5.92. The Hall–Kier alpha value is -2.85. The number of amides is 1. The summed E-state index contributed by atoms with van der Waals surface area (Å²) < 4.78 is 6.72. The fourth-order valence-electron chi connectivity index (χ4n) is 3.98. The first-order valence-electron chi connectivity index (χ1n) is 9.84. The molecule has 0 saturated carbocycles. The number of hydrogen-bond donors (Lipinski definition) is 0. The van der Waals surface area contributed by atoms with E-state index in [1.807, 2.05) is 0 Å². The zero-order valence-corrected chi connectivity index (χ0v) is 16.1. The van der Waals surface area contributed by atoms with Gasteiger partial charge in [-0.3, -0.25) is 19.8 Å². The number of nitro groups is 1. The van der Waals surface area contributed by atoms with Gasteiger partial charge in [0, 0.05) is 44.4 Å². The number of ether oxygens (including phenoxy) is 1. The molecule has 0 N–H and O–H groups in total. The maximum Gasteiger partial charge on any atom is 0.295 e. The first-order chi connectivity index (χ1) is 14.1. The molecule has 2 aliphatic heterocycles. The second-order valence-corrected chi connectivity index (χ2v) is 7.45. The van der Waals surface area contributed by atoms with Crippen LogP contribution in [-0.2, 0) is 4.74 Å². The maximum atomic E-state index is 12.9. The van der Waals surface area contributed by atoms with Crippen molar-refractivity contribution in [3.05, 3.63) is 46.5 Å². The fraction of sp³-hybridized carbons (Fsp3) is 0.526. The van der Waals surface area contributed by atoms with E-state index in [0.717, 1.165) is 45.7 Å². The lowest BCUT2D eigenvalue weighted by Gasteiger charge is -2.36. The van der Waals surface area contributed by atoms with Crippen LogP contribution in [-0.4, -0.2) is 81.3 Å². The van der Waals surface area contributed by atoms with Gasteiger partial charge in [-0.1, -0.05) is 0 Å². The van der Waals surface area contributed by atoms with E-state index in [0.29, 0.717) is 24.6 Å². The number of carbonyl (C=O) groups excluding carboxylic acids is 1. The second kappa shape index (κ2) is 8.66. The smallest absolute Gasteiger partial charge is 0.295 e. The van der Waals surface area contributed by atoms with Gasteiger partial charge in [-0.15, -0.1) is 0 Å². The van der Waals surface area contributed by atoms with Crippen LogP contribution in [0.5, 0.6) is 0 Å². The highest BCUT2D eigenvalue weighted by atomic mass is 16.6. The van der Waals surface area contributed by atoms with Crippen LogP contribution < -0.4 is 0 Å².